The molecule has 2 N–H and O–H groups in total. The Bertz CT molecular complexity index is 779. The van der Waals surface area contributed by atoms with Crippen LogP contribution >= 0.6 is 34.8 Å². The molecule has 0 bridgehead atoms. The van der Waals surface area contributed by atoms with Gasteiger partial charge in [-0.3, -0.25) is 14.5 Å². The van der Waals surface area contributed by atoms with Crippen LogP contribution in [0.4, 0.5) is 11.5 Å². The number of likely N-dealkylation sites (N-methyl/N-ethyl adjacent to an activating group) is 1. The van der Waals surface area contributed by atoms with Gasteiger partial charge in [-0.15, -0.1) is 0 Å². The monoisotopic (exact) mass is 414 g/mol. The molecular formula is C17H17Cl3N4O2. The molecule has 1 atom stereocenters. The van der Waals surface area contributed by atoms with E-state index in [0.29, 0.717) is 26.6 Å². The normalized spacial score (nSPS) is 11.9. The maximum atomic E-state index is 12.3. The standard InChI is InChI=1S/C17H17Cl3N4O2/c1-10(17(26)22-14-7-6-11(18)8-21-14)24(2)9-15(25)23-16-12(19)4-3-5-13(16)20/h3-8,10H,9H2,1-2H3,(H,23,25)(H,21,22,26)/t10-/m0/s1. The number of amides is 2. The van der Waals surface area contributed by atoms with Crippen molar-refractivity contribution >= 4 is 58.1 Å². The first kappa shape index (κ1) is 20.5. The van der Waals surface area contributed by atoms with Crippen molar-refractivity contribution in [3.8, 4) is 0 Å². The number of anilines is 2. The smallest absolute Gasteiger partial charge is 0.242 e. The molecule has 2 amide bonds. The maximum Gasteiger partial charge on any atom is 0.242 e. The predicted octanol–water partition coefficient (Wildman–Crippen LogP) is 3.94. The Balaban J connectivity index is 1.93. The molecule has 1 heterocycles. The fourth-order valence-corrected chi connectivity index (χ4v) is 2.64. The molecule has 0 saturated carbocycles. The van der Waals surface area contributed by atoms with Crippen LogP contribution in [-0.4, -0.2) is 41.3 Å². The van der Waals surface area contributed by atoms with Crippen LogP contribution in [0.15, 0.2) is 36.5 Å². The van der Waals surface area contributed by atoms with E-state index in [1.165, 1.54) is 6.20 Å². The summed E-state index contributed by atoms with van der Waals surface area (Å²) in [5.41, 5.74) is 0.344. The summed E-state index contributed by atoms with van der Waals surface area (Å²) in [6, 6.07) is 7.59. The molecular weight excluding hydrogens is 399 g/mol. The van der Waals surface area contributed by atoms with Gasteiger partial charge in [0.25, 0.3) is 0 Å². The number of benzene rings is 1. The lowest BCUT2D eigenvalue weighted by molar-refractivity contribution is -0.122. The summed E-state index contributed by atoms with van der Waals surface area (Å²) in [5, 5.41) is 6.48. The van der Waals surface area contributed by atoms with Crippen molar-refractivity contribution in [2.45, 2.75) is 13.0 Å². The molecule has 9 heteroatoms. The Hall–Kier alpha value is -1.86. The van der Waals surface area contributed by atoms with Crippen LogP contribution in [0.25, 0.3) is 0 Å². The van der Waals surface area contributed by atoms with Gasteiger partial charge in [-0.1, -0.05) is 40.9 Å². The second-order valence-corrected chi connectivity index (χ2v) is 6.84. The first-order chi connectivity index (χ1) is 12.3. The molecule has 0 aliphatic carbocycles. The van der Waals surface area contributed by atoms with E-state index in [0.717, 1.165) is 0 Å². The third-order valence-electron chi connectivity index (χ3n) is 3.64. The van der Waals surface area contributed by atoms with E-state index in [1.54, 1.807) is 49.2 Å². The van der Waals surface area contributed by atoms with Crippen molar-refractivity contribution < 1.29 is 9.59 Å². The van der Waals surface area contributed by atoms with Crippen LogP contribution in [0.5, 0.6) is 0 Å². The quantitative estimate of drug-likeness (QED) is 0.749. The number of para-hydroxylation sites is 1. The van der Waals surface area contributed by atoms with Crippen molar-refractivity contribution in [2.24, 2.45) is 0 Å². The molecule has 0 radical (unpaired) electrons. The van der Waals surface area contributed by atoms with E-state index in [-0.39, 0.29) is 18.4 Å². The van der Waals surface area contributed by atoms with Gasteiger partial charge >= 0.3 is 0 Å². The minimum Gasteiger partial charge on any atom is -0.322 e. The molecule has 0 aliphatic heterocycles. The SMILES string of the molecule is C[C@@H](C(=O)Nc1ccc(Cl)cn1)N(C)CC(=O)Nc1c(Cl)cccc1Cl. The zero-order valence-corrected chi connectivity index (χ0v) is 16.4. The fourth-order valence-electron chi connectivity index (χ4n) is 2.04. The molecule has 26 heavy (non-hydrogen) atoms. The van der Waals surface area contributed by atoms with Gasteiger partial charge in [-0.25, -0.2) is 4.98 Å². The number of hydrogen-bond acceptors (Lipinski definition) is 4. The Morgan fingerprint density at radius 3 is 2.35 bits per heavy atom. The number of hydrogen-bond donors (Lipinski definition) is 2. The molecule has 0 aliphatic rings. The Morgan fingerprint density at radius 2 is 1.77 bits per heavy atom. The van der Waals surface area contributed by atoms with Crippen LogP contribution in [0.3, 0.4) is 0 Å². The molecule has 1 aromatic carbocycles. The largest absolute Gasteiger partial charge is 0.322 e. The number of carbonyl (C=O) groups excluding carboxylic acids is 2. The lowest BCUT2D eigenvalue weighted by atomic mass is 10.2. The molecule has 0 spiro atoms. The summed E-state index contributed by atoms with van der Waals surface area (Å²) in [5.74, 6) is -0.260. The summed E-state index contributed by atoms with van der Waals surface area (Å²) in [6.45, 7) is 1.66. The fraction of sp³-hybridized carbons (Fsp3) is 0.235. The molecule has 0 fully saturated rings. The minimum atomic E-state index is -0.569. The van der Waals surface area contributed by atoms with E-state index in [2.05, 4.69) is 15.6 Å². The van der Waals surface area contributed by atoms with Crippen LogP contribution in [0.2, 0.25) is 15.1 Å². The molecule has 1 aromatic heterocycles. The van der Waals surface area contributed by atoms with Gasteiger partial charge in [0.1, 0.15) is 5.82 Å². The number of carbonyl (C=O) groups is 2. The Morgan fingerprint density at radius 1 is 1.12 bits per heavy atom. The van der Waals surface area contributed by atoms with Gasteiger partial charge < -0.3 is 10.6 Å². The van der Waals surface area contributed by atoms with Crippen LogP contribution < -0.4 is 10.6 Å². The zero-order chi connectivity index (χ0) is 19.3. The zero-order valence-electron chi connectivity index (χ0n) is 14.1. The highest BCUT2D eigenvalue weighted by Gasteiger charge is 2.21. The molecule has 138 valence electrons. The number of aromatic nitrogens is 1. The van der Waals surface area contributed by atoms with Crippen molar-refractivity contribution in [2.75, 3.05) is 24.2 Å². The molecule has 0 saturated heterocycles. The van der Waals surface area contributed by atoms with Crippen LogP contribution in [-0.2, 0) is 9.59 Å². The molecule has 2 aromatic rings. The van der Waals surface area contributed by atoms with Gasteiger partial charge in [0.2, 0.25) is 11.8 Å². The third kappa shape index (κ3) is 5.57. The summed E-state index contributed by atoms with van der Waals surface area (Å²) in [6.07, 6.45) is 1.44. The van der Waals surface area contributed by atoms with Crippen molar-refractivity contribution in [3.63, 3.8) is 0 Å². The average Bonchev–Trinajstić information content (AvgIpc) is 2.59. The van der Waals surface area contributed by atoms with Gasteiger partial charge in [-0.05, 0) is 38.2 Å². The number of nitrogens with one attached hydrogen (secondary N) is 2. The number of pyridine rings is 1. The predicted molar refractivity (Wildman–Crippen MR) is 105 cm³/mol. The second kappa shape index (κ2) is 9.19. The summed E-state index contributed by atoms with van der Waals surface area (Å²) in [4.78, 5) is 30.1. The highest BCUT2D eigenvalue weighted by atomic mass is 35.5. The Kier molecular flexibility index (Phi) is 7.23. The molecule has 2 rings (SSSR count). The lowest BCUT2D eigenvalue weighted by Crippen LogP contribution is -2.43. The highest BCUT2D eigenvalue weighted by Crippen LogP contribution is 2.29. The van der Waals surface area contributed by atoms with E-state index < -0.39 is 6.04 Å². The van der Waals surface area contributed by atoms with E-state index in [9.17, 15) is 9.59 Å². The van der Waals surface area contributed by atoms with Crippen molar-refractivity contribution in [1.29, 1.82) is 0 Å². The summed E-state index contributed by atoms with van der Waals surface area (Å²) in [7, 11) is 1.66. The highest BCUT2D eigenvalue weighted by molar-refractivity contribution is 6.39. The second-order valence-electron chi connectivity index (χ2n) is 5.59. The third-order valence-corrected chi connectivity index (χ3v) is 4.49. The van der Waals surface area contributed by atoms with Gasteiger partial charge in [0, 0.05) is 6.20 Å². The summed E-state index contributed by atoms with van der Waals surface area (Å²) < 4.78 is 0. The first-order valence-corrected chi connectivity index (χ1v) is 8.78. The Labute approximate surface area is 166 Å². The maximum absolute atomic E-state index is 12.3. The van der Waals surface area contributed by atoms with Gasteiger partial charge in [0.05, 0.1) is 33.3 Å². The van der Waals surface area contributed by atoms with Gasteiger partial charge in [-0.2, -0.15) is 0 Å². The first-order valence-electron chi connectivity index (χ1n) is 7.64. The van der Waals surface area contributed by atoms with E-state index in [4.69, 9.17) is 34.8 Å². The van der Waals surface area contributed by atoms with E-state index >= 15 is 0 Å². The average molecular weight is 416 g/mol. The van der Waals surface area contributed by atoms with E-state index in [1.807, 2.05) is 0 Å². The molecule has 6 nitrogen and oxygen atoms in total. The van der Waals surface area contributed by atoms with Crippen LogP contribution in [0.1, 0.15) is 6.92 Å². The topological polar surface area (TPSA) is 74.3 Å². The number of nitrogens with zero attached hydrogens (tertiary/aromatic N) is 2. The lowest BCUT2D eigenvalue weighted by Gasteiger charge is -2.23. The van der Waals surface area contributed by atoms with Crippen molar-refractivity contribution in [3.05, 3.63) is 51.6 Å². The van der Waals surface area contributed by atoms with Crippen LogP contribution in [0, 0.1) is 0 Å². The number of halogens is 3. The van der Waals surface area contributed by atoms with Gasteiger partial charge in [0.15, 0.2) is 0 Å². The molecule has 0 unspecified atom stereocenters. The minimum absolute atomic E-state index is 0.0236. The summed E-state index contributed by atoms with van der Waals surface area (Å²) >= 11 is 17.8. The van der Waals surface area contributed by atoms with Crippen molar-refractivity contribution in [1.82, 2.24) is 9.88 Å². The number of rotatable bonds is 6.